The lowest BCUT2D eigenvalue weighted by molar-refractivity contribution is -0.152. The molecule has 2 rings (SSSR count). The Bertz CT molecular complexity index is 925. The summed E-state index contributed by atoms with van der Waals surface area (Å²) in [5.41, 5.74) is 0.996. The number of rotatable bonds is 7. The van der Waals surface area contributed by atoms with E-state index in [4.69, 9.17) is 14.6 Å². The van der Waals surface area contributed by atoms with E-state index in [-0.39, 0.29) is 11.3 Å². The number of para-hydroxylation sites is 1. The van der Waals surface area contributed by atoms with E-state index in [0.29, 0.717) is 17.0 Å². The first-order valence-corrected chi connectivity index (χ1v) is 9.50. The van der Waals surface area contributed by atoms with Gasteiger partial charge in [-0.05, 0) is 37.3 Å². The average molecular weight is 392 g/mol. The molecule has 0 aromatic heterocycles. The number of carbonyl (C=O) groups excluding carboxylic acids is 2. The molecule has 8 nitrogen and oxygen atoms in total. The summed E-state index contributed by atoms with van der Waals surface area (Å²) in [6.45, 7) is 1.44. The Morgan fingerprint density at radius 2 is 1.74 bits per heavy atom. The van der Waals surface area contributed by atoms with Gasteiger partial charge in [0.2, 0.25) is 10.0 Å². The summed E-state index contributed by atoms with van der Waals surface area (Å²) in [6, 6.07) is 12.3. The fourth-order valence-electron chi connectivity index (χ4n) is 2.27. The monoisotopic (exact) mass is 392 g/mol. The highest BCUT2D eigenvalue weighted by atomic mass is 32.2. The Hall–Kier alpha value is -2.91. The Balaban J connectivity index is 1.94. The van der Waals surface area contributed by atoms with Crippen molar-refractivity contribution in [3.05, 3.63) is 54.1 Å². The molecule has 1 atom stereocenters. The quantitative estimate of drug-likeness (QED) is 0.687. The zero-order valence-corrected chi connectivity index (χ0v) is 15.7. The number of nitrogens with one attached hydrogen (secondary N) is 1. The van der Waals surface area contributed by atoms with Crippen LogP contribution in [0.15, 0.2) is 53.4 Å². The molecule has 0 heterocycles. The third-order valence-electron chi connectivity index (χ3n) is 3.66. The minimum Gasteiger partial charge on any atom is -0.496 e. The number of carbonyl (C=O) groups is 2. The number of sulfonamides is 1. The van der Waals surface area contributed by atoms with Crippen LogP contribution in [-0.4, -0.2) is 33.5 Å². The van der Waals surface area contributed by atoms with Crippen LogP contribution in [0.4, 0.5) is 5.69 Å². The van der Waals surface area contributed by atoms with Gasteiger partial charge in [-0.3, -0.25) is 9.59 Å². The molecule has 9 heteroatoms. The van der Waals surface area contributed by atoms with Crippen LogP contribution < -0.4 is 15.2 Å². The van der Waals surface area contributed by atoms with Crippen LogP contribution in [0.25, 0.3) is 0 Å². The average Bonchev–Trinajstić information content (AvgIpc) is 2.61. The highest BCUT2D eigenvalue weighted by Gasteiger charge is 2.19. The van der Waals surface area contributed by atoms with Gasteiger partial charge in [-0.1, -0.05) is 18.2 Å². The molecule has 0 saturated heterocycles. The zero-order valence-electron chi connectivity index (χ0n) is 14.8. The largest absolute Gasteiger partial charge is 0.496 e. The van der Waals surface area contributed by atoms with Crippen molar-refractivity contribution in [2.45, 2.75) is 24.3 Å². The first-order valence-electron chi connectivity index (χ1n) is 7.96. The normalized spacial score (nSPS) is 12.1. The van der Waals surface area contributed by atoms with Crippen molar-refractivity contribution in [2.75, 3.05) is 12.4 Å². The summed E-state index contributed by atoms with van der Waals surface area (Å²) >= 11 is 0. The number of hydrogen-bond donors (Lipinski definition) is 2. The highest BCUT2D eigenvalue weighted by molar-refractivity contribution is 7.89. The second-order valence-electron chi connectivity index (χ2n) is 5.68. The summed E-state index contributed by atoms with van der Waals surface area (Å²) in [6.07, 6.45) is -1.07. The Kier molecular flexibility index (Phi) is 6.54. The predicted octanol–water partition coefficient (Wildman–Crippen LogP) is 1.46. The molecule has 0 saturated carbocycles. The van der Waals surface area contributed by atoms with Crippen LogP contribution in [0, 0.1) is 0 Å². The maximum absolute atomic E-state index is 12.1. The summed E-state index contributed by atoms with van der Waals surface area (Å²) in [5.74, 6) is -0.569. The van der Waals surface area contributed by atoms with Gasteiger partial charge in [0.1, 0.15) is 5.75 Å². The van der Waals surface area contributed by atoms with E-state index in [1.807, 2.05) is 0 Å². The van der Waals surface area contributed by atoms with Crippen molar-refractivity contribution in [2.24, 2.45) is 5.14 Å². The molecule has 0 fully saturated rings. The lowest BCUT2D eigenvalue weighted by atomic mass is 10.1. The molecule has 0 bridgehead atoms. The van der Waals surface area contributed by atoms with Gasteiger partial charge < -0.3 is 14.8 Å². The van der Waals surface area contributed by atoms with Crippen molar-refractivity contribution in [3.8, 4) is 5.75 Å². The van der Waals surface area contributed by atoms with Gasteiger partial charge >= 0.3 is 5.97 Å². The lowest BCUT2D eigenvalue weighted by Crippen LogP contribution is -2.30. The predicted molar refractivity (Wildman–Crippen MR) is 98.7 cm³/mol. The van der Waals surface area contributed by atoms with Crippen molar-refractivity contribution in [1.82, 2.24) is 0 Å². The molecule has 0 radical (unpaired) electrons. The number of primary sulfonamides is 1. The van der Waals surface area contributed by atoms with Crippen LogP contribution in [0.1, 0.15) is 12.5 Å². The van der Waals surface area contributed by atoms with Gasteiger partial charge in [0.25, 0.3) is 5.91 Å². The van der Waals surface area contributed by atoms with Crippen molar-refractivity contribution >= 4 is 27.6 Å². The number of hydrogen-bond acceptors (Lipinski definition) is 6. The number of ether oxygens (including phenoxy) is 2. The molecular formula is C18H20N2O6S. The molecule has 2 aromatic rings. The number of methoxy groups -OCH3 is 1. The van der Waals surface area contributed by atoms with Gasteiger partial charge in [-0.25, -0.2) is 13.6 Å². The molecule has 27 heavy (non-hydrogen) atoms. The first kappa shape index (κ1) is 20.4. The number of anilines is 1. The van der Waals surface area contributed by atoms with E-state index >= 15 is 0 Å². The molecule has 2 aromatic carbocycles. The highest BCUT2D eigenvalue weighted by Crippen LogP contribution is 2.18. The number of esters is 1. The van der Waals surface area contributed by atoms with E-state index in [1.54, 1.807) is 24.3 Å². The second-order valence-corrected chi connectivity index (χ2v) is 7.24. The number of amides is 1. The molecule has 3 N–H and O–H groups in total. The Morgan fingerprint density at radius 1 is 1.11 bits per heavy atom. The van der Waals surface area contributed by atoms with Gasteiger partial charge in [0.15, 0.2) is 6.10 Å². The molecule has 0 aliphatic heterocycles. The van der Waals surface area contributed by atoms with Crippen molar-refractivity contribution in [3.63, 3.8) is 0 Å². The topological polar surface area (TPSA) is 125 Å². The molecule has 1 unspecified atom stereocenters. The fraction of sp³-hybridized carbons (Fsp3) is 0.222. The molecule has 1 amide bonds. The molecular weight excluding hydrogens is 372 g/mol. The molecule has 0 aliphatic rings. The van der Waals surface area contributed by atoms with Gasteiger partial charge in [-0.15, -0.1) is 0 Å². The molecule has 144 valence electrons. The molecule has 0 aliphatic carbocycles. The van der Waals surface area contributed by atoms with Gasteiger partial charge in [-0.2, -0.15) is 0 Å². The van der Waals surface area contributed by atoms with Crippen molar-refractivity contribution in [1.29, 1.82) is 0 Å². The summed E-state index contributed by atoms with van der Waals surface area (Å²) in [5, 5.41) is 7.55. The fourth-order valence-corrected chi connectivity index (χ4v) is 2.78. The van der Waals surface area contributed by atoms with E-state index in [2.05, 4.69) is 5.32 Å². The minimum absolute atomic E-state index is 0.0370. The summed E-state index contributed by atoms with van der Waals surface area (Å²) < 4.78 is 32.7. The maximum Gasteiger partial charge on any atom is 0.311 e. The SMILES string of the molecule is COc1ccccc1CC(=O)OC(C)C(=O)Nc1ccc(S(N)(=O)=O)cc1. The van der Waals surface area contributed by atoms with Crippen molar-refractivity contribution < 1.29 is 27.5 Å². The van der Waals surface area contributed by atoms with E-state index in [0.717, 1.165) is 0 Å². The standard InChI is InChI=1S/C18H20N2O6S/c1-12(26-17(21)11-13-5-3-4-6-16(13)25-2)18(22)20-14-7-9-15(10-8-14)27(19,23)24/h3-10,12H,11H2,1-2H3,(H,20,22)(H2,19,23,24). The van der Waals surface area contributed by atoms with Gasteiger partial charge in [0.05, 0.1) is 18.4 Å². The summed E-state index contributed by atoms with van der Waals surface area (Å²) in [4.78, 5) is 24.1. The van der Waals surface area contributed by atoms with E-state index < -0.39 is 28.0 Å². The smallest absolute Gasteiger partial charge is 0.311 e. The zero-order chi connectivity index (χ0) is 20.0. The third-order valence-corrected chi connectivity index (χ3v) is 4.58. The van der Waals surface area contributed by atoms with Crippen LogP contribution in [0.5, 0.6) is 5.75 Å². The van der Waals surface area contributed by atoms with Crippen LogP contribution in [0.3, 0.4) is 0 Å². The Morgan fingerprint density at radius 3 is 2.33 bits per heavy atom. The first-order chi connectivity index (χ1) is 12.7. The van der Waals surface area contributed by atoms with E-state index in [1.165, 1.54) is 38.3 Å². The second kappa shape index (κ2) is 8.65. The van der Waals surface area contributed by atoms with Crippen LogP contribution in [-0.2, 0) is 30.8 Å². The van der Waals surface area contributed by atoms with Gasteiger partial charge in [0, 0.05) is 11.3 Å². The van der Waals surface area contributed by atoms with Crippen LogP contribution in [0.2, 0.25) is 0 Å². The maximum atomic E-state index is 12.1. The molecule has 0 spiro atoms. The van der Waals surface area contributed by atoms with Crippen LogP contribution >= 0.6 is 0 Å². The lowest BCUT2D eigenvalue weighted by Gasteiger charge is -2.14. The van der Waals surface area contributed by atoms with E-state index in [9.17, 15) is 18.0 Å². The number of nitrogens with two attached hydrogens (primary N) is 1. The Labute approximate surface area is 157 Å². The minimum atomic E-state index is -3.81. The number of benzene rings is 2. The third kappa shape index (κ3) is 5.80. The summed E-state index contributed by atoms with van der Waals surface area (Å²) in [7, 11) is -2.31.